The molecule has 0 radical (unpaired) electrons. The molecule has 2 heterocycles. The molecule has 0 amide bonds. The van der Waals surface area contributed by atoms with E-state index in [1.165, 1.54) is 12.8 Å². The molecule has 2 aliphatic rings. The zero-order valence-corrected chi connectivity index (χ0v) is 13.4. The molecule has 0 spiro atoms. The fraction of sp³-hybridized carbons (Fsp3) is 0.625. The fourth-order valence-electron chi connectivity index (χ4n) is 3.08. The second kappa shape index (κ2) is 7.87. The molecule has 5 heteroatoms. The lowest BCUT2D eigenvalue weighted by atomic mass is 9.97. The number of hydrogen-bond donors (Lipinski definition) is 1. The van der Waals surface area contributed by atoms with Crippen LogP contribution in [0.2, 0.25) is 0 Å². The van der Waals surface area contributed by atoms with Crippen molar-refractivity contribution >= 4 is 12.4 Å². The van der Waals surface area contributed by atoms with Crippen LogP contribution in [-0.2, 0) is 0 Å². The van der Waals surface area contributed by atoms with Gasteiger partial charge < -0.3 is 19.7 Å². The smallest absolute Gasteiger partial charge is 0.161 e. The second-order valence-corrected chi connectivity index (χ2v) is 5.91. The number of likely N-dealkylation sites (N-methyl/N-ethyl adjacent to an activating group) is 1. The van der Waals surface area contributed by atoms with Crippen LogP contribution in [0.25, 0.3) is 0 Å². The fourth-order valence-corrected chi connectivity index (χ4v) is 3.08. The first-order valence-corrected chi connectivity index (χ1v) is 7.59. The molecule has 4 nitrogen and oxygen atoms in total. The molecule has 118 valence electrons. The number of nitrogens with zero attached hydrogens (tertiary/aromatic N) is 1. The Labute approximate surface area is 133 Å². The molecule has 1 aromatic carbocycles. The highest BCUT2D eigenvalue weighted by molar-refractivity contribution is 5.85. The zero-order valence-electron chi connectivity index (χ0n) is 12.6. The molecule has 1 fully saturated rings. The molecule has 0 bridgehead atoms. The Hall–Kier alpha value is -0.970. The van der Waals surface area contributed by atoms with Gasteiger partial charge in [0.05, 0.1) is 0 Å². The maximum absolute atomic E-state index is 6.01. The van der Waals surface area contributed by atoms with Crippen molar-refractivity contribution in [2.75, 3.05) is 39.8 Å². The van der Waals surface area contributed by atoms with Gasteiger partial charge in [-0.05, 0) is 51.0 Å². The lowest BCUT2D eigenvalue weighted by Crippen LogP contribution is -2.42. The van der Waals surface area contributed by atoms with Crippen LogP contribution in [-0.4, -0.2) is 50.8 Å². The molecule has 1 aromatic rings. The monoisotopic (exact) mass is 312 g/mol. The Morgan fingerprint density at radius 3 is 2.62 bits per heavy atom. The van der Waals surface area contributed by atoms with Crippen LogP contribution in [0.1, 0.15) is 12.8 Å². The van der Waals surface area contributed by atoms with Crippen LogP contribution in [0.5, 0.6) is 11.5 Å². The molecule has 1 unspecified atom stereocenters. The van der Waals surface area contributed by atoms with Gasteiger partial charge in [-0.3, -0.25) is 0 Å². The van der Waals surface area contributed by atoms with Gasteiger partial charge in [0.1, 0.15) is 12.7 Å². The van der Waals surface area contributed by atoms with Gasteiger partial charge in [0.25, 0.3) is 0 Å². The highest BCUT2D eigenvalue weighted by Gasteiger charge is 2.23. The van der Waals surface area contributed by atoms with E-state index in [2.05, 4.69) is 17.3 Å². The van der Waals surface area contributed by atoms with Gasteiger partial charge in [-0.25, -0.2) is 0 Å². The summed E-state index contributed by atoms with van der Waals surface area (Å²) < 4.78 is 11.8. The Morgan fingerprint density at radius 2 is 1.86 bits per heavy atom. The average molecular weight is 313 g/mol. The van der Waals surface area contributed by atoms with E-state index in [9.17, 15) is 0 Å². The molecular weight excluding hydrogens is 288 g/mol. The van der Waals surface area contributed by atoms with Crippen molar-refractivity contribution in [3.05, 3.63) is 24.3 Å². The summed E-state index contributed by atoms with van der Waals surface area (Å²) in [6.45, 7) is 5.05. The Kier molecular flexibility index (Phi) is 6.15. The number of piperidine rings is 1. The number of para-hydroxylation sites is 2. The third-order valence-electron chi connectivity index (χ3n) is 4.11. The van der Waals surface area contributed by atoms with Gasteiger partial charge in [-0.1, -0.05) is 12.1 Å². The predicted octanol–water partition coefficient (Wildman–Crippen LogP) is 2.18. The zero-order chi connectivity index (χ0) is 13.8. The Morgan fingerprint density at radius 1 is 1.14 bits per heavy atom. The van der Waals surface area contributed by atoms with Crippen molar-refractivity contribution in [2.45, 2.75) is 18.9 Å². The van der Waals surface area contributed by atoms with E-state index < -0.39 is 0 Å². The summed E-state index contributed by atoms with van der Waals surface area (Å²) in [5.41, 5.74) is 0. The number of benzene rings is 1. The van der Waals surface area contributed by atoms with E-state index in [0.29, 0.717) is 6.61 Å². The van der Waals surface area contributed by atoms with Gasteiger partial charge in [-0.15, -0.1) is 12.4 Å². The summed E-state index contributed by atoms with van der Waals surface area (Å²) in [5, 5.41) is 3.42. The highest BCUT2D eigenvalue weighted by Crippen LogP contribution is 2.31. The van der Waals surface area contributed by atoms with E-state index in [4.69, 9.17) is 9.47 Å². The summed E-state index contributed by atoms with van der Waals surface area (Å²) in [4.78, 5) is 2.39. The van der Waals surface area contributed by atoms with Crippen molar-refractivity contribution in [2.24, 2.45) is 5.92 Å². The number of hydrogen-bond acceptors (Lipinski definition) is 4. The predicted molar refractivity (Wildman–Crippen MR) is 86.7 cm³/mol. The van der Waals surface area contributed by atoms with Crippen LogP contribution in [0, 0.1) is 5.92 Å². The highest BCUT2D eigenvalue weighted by atomic mass is 35.5. The number of rotatable bonds is 4. The van der Waals surface area contributed by atoms with E-state index in [0.717, 1.165) is 43.6 Å². The van der Waals surface area contributed by atoms with Crippen LogP contribution >= 0.6 is 12.4 Å². The van der Waals surface area contributed by atoms with E-state index in [1.807, 2.05) is 24.3 Å². The standard InChI is InChI=1S/C16H24N2O2.ClH/c1-18(10-13-6-8-17-9-7-13)11-14-12-19-15-4-2-3-5-16(15)20-14;/h2-5,13-14,17H,6-12H2,1H3;1H. The van der Waals surface area contributed by atoms with Crippen LogP contribution in [0.4, 0.5) is 0 Å². The number of nitrogens with one attached hydrogen (secondary N) is 1. The molecule has 21 heavy (non-hydrogen) atoms. The first kappa shape index (κ1) is 16.4. The second-order valence-electron chi connectivity index (χ2n) is 5.91. The Bertz CT molecular complexity index is 438. The molecule has 1 N–H and O–H groups in total. The number of halogens is 1. The SMILES string of the molecule is CN(CC1CCNCC1)CC1COc2ccccc2O1.Cl. The van der Waals surface area contributed by atoms with Gasteiger partial charge in [0, 0.05) is 13.1 Å². The maximum atomic E-state index is 6.01. The van der Waals surface area contributed by atoms with E-state index >= 15 is 0 Å². The lowest BCUT2D eigenvalue weighted by Gasteiger charge is -2.32. The number of ether oxygens (including phenoxy) is 2. The van der Waals surface area contributed by atoms with Crippen LogP contribution in [0.15, 0.2) is 24.3 Å². The Balaban J connectivity index is 0.00000161. The summed E-state index contributed by atoms with van der Waals surface area (Å²) in [7, 11) is 2.19. The van der Waals surface area contributed by atoms with Gasteiger partial charge in [0.15, 0.2) is 11.5 Å². The lowest BCUT2D eigenvalue weighted by molar-refractivity contribution is 0.0603. The molecule has 3 rings (SSSR count). The first-order chi connectivity index (χ1) is 9.81. The summed E-state index contributed by atoms with van der Waals surface area (Å²) in [6, 6.07) is 7.91. The van der Waals surface area contributed by atoms with Crippen molar-refractivity contribution in [1.29, 1.82) is 0 Å². The van der Waals surface area contributed by atoms with Crippen molar-refractivity contribution in [1.82, 2.24) is 10.2 Å². The minimum absolute atomic E-state index is 0. The summed E-state index contributed by atoms with van der Waals surface area (Å²) >= 11 is 0. The molecule has 1 saturated heterocycles. The van der Waals surface area contributed by atoms with Crippen molar-refractivity contribution in [3.63, 3.8) is 0 Å². The molecular formula is C16H25ClN2O2. The normalized spacial score (nSPS) is 21.9. The van der Waals surface area contributed by atoms with Crippen molar-refractivity contribution < 1.29 is 9.47 Å². The third-order valence-corrected chi connectivity index (χ3v) is 4.11. The van der Waals surface area contributed by atoms with Gasteiger partial charge in [-0.2, -0.15) is 0 Å². The molecule has 2 aliphatic heterocycles. The molecule has 0 aromatic heterocycles. The van der Waals surface area contributed by atoms with E-state index in [-0.39, 0.29) is 18.5 Å². The largest absolute Gasteiger partial charge is 0.486 e. The minimum Gasteiger partial charge on any atom is -0.486 e. The average Bonchev–Trinajstić information content (AvgIpc) is 2.48. The van der Waals surface area contributed by atoms with Crippen LogP contribution < -0.4 is 14.8 Å². The molecule has 0 saturated carbocycles. The quantitative estimate of drug-likeness (QED) is 0.924. The topological polar surface area (TPSA) is 33.7 Å². The first-order valence-electron chi connectivity index (χ1n) is 7.59. The summed E-state index contributed by atoms with van der Waals surface area (Å²) in [5.74, 6) is 2.56. The van der Waals surface area contributed by atoms with Crippen molar-refractivity contribution in [3.8, 4) is 11.5 Å². The number of fused-ring (bicyclic) bond motifs is 1. The van der Waals surface area contributed by atoms with Gasteiger partial charge >= 0.3 is 0 Å². The maximum Gasteiger partial charge on any atom is 0.161 e. The minimum atomic E-state index is 0. The van der Waals surface area contributed by atoms with Gasteiger partial charge in [0.2, 0.25) is 0 Å². The molecule has 0 aliphatic carbocycles. The van der Waals surface area contributed by atoms with Crippen LogP contribution in [0.3, 0.4) is 0 Å². The van der Waals surface area contributed by atoms with E-state index in [1.54, 1.807) is 0 Å². The molecule has 1 atom stereocenters. The third kappa shape index (κ3) is 4.50. The summed E-state index contributed by atoms with van der Waals surface area (Å²) in [6.07, 6.45) is 2.71.